The molecule has 0 spiro atoms. The SMILES string of the molecule is CC(C)[C@H](Nc1cn(C)c(N)n1)C(=O)N1CCC[C@H]1c1ncc(-c2ccc(-c3ccc(-c4cnc([C@@H]5CCCN5C(=O)[C@@H](NC5OCO5)C(C)C)[nH]4)cc3)cc2)[nH]1. The minimum absolute atomic E-state index is 0.0321. The first-order valence-electron chi connectivity index (χ1n) is 20.0. The molecule has 3 aliphatic heterocycles. The van der Waals surface area contributed by atoms with Gasteiger partial charge in [0.2, 0.25) is 24.2 Å². The Kier molecular flexibility index (Phi) is 10.9. The van der Waals surface area contributed by atoms with Crippen LogP contribution >= 0.6 is 0 Å². The summed E-state index contributed by atoms with van der Waals surface area (Å²) in [5, 5.41) is 6.52. The highest BCUT2D eigenvalue weighted by atomic mass is 16.9. The van der Waals surface area contributed by atoms with E-state index in [1.807, 2.05) is 56.9 Å². The number of carbonyl (C=O) groups excluding carboxylic acids is 2. The maximum atomic E-state index is 13.9. The first kappa shape index (κ1) is 38.4. The Labute approximate surface area is 332 Å². The second-order valence-electron chi connectivity index (χ2n) is 16.0. The zero-order chi connectivity index (χ0) is 39.8. The molecule has 57 heavy (non-hydrogen) atoms. The fourth-order valence-corrected chi connectivity index (χ4v) is 8.13. The summed E-state index contributed by atoms with van der Waals surface area (Å²) in [5.74, 6) is 2.76. The van der Waals surface area contributed by atoms with E-state index in [1.54, 1.807) is 10.8 Å². The standard InChI is InChI=1S/C42H53N11O4/c1-24(2)35(48-34-22-51(5)41(43)49-34)39(54)52-18-6-8-32(52)37-44-20-30(46-37)28-14-10-26(11-15-28)27-12-16-29(17-13-27)31-21-45-38(47-31)33-9-7-19-53(33)40(55)36(25(3)4)50-42-56-23-57-42/h10-17,20-22,24-25,32-33,35-36,42,48,50H,6-9,18-19,23H2,1-5H3,(H2,43,49)(H,44,46)(H,45,47)/t32-,33-,35-,36-/m0/s1. The minimum atomic E-state index is -0.539. The van der Waals surface area contributed by atoms with E-state index in [0.29, 0.717) is 24.9 Å². The molecule has 0 saturated carbocycles. The Morgan fingerprint density at radius 2 is 1.23 bits per heavy atom. The number of ether oxygens (including phenoxy) is 2. The van der Waals surface area contributed by atoms with Gasteiger partial charge in [0.1, 0.15) is 23.5 Å². The van der Waals surface area contributed by atoms with Gasteiger partial charge in [0, 0.05) is 26.3 Å². The van der Waals surface area contributed by atoms with Gasteiger partial charge in [0.15, 0.2) is 6.79 Å². The van der Waals surface area contributed by atoms with Gasteiger partial charge in [-0.25, -0.2) is 9.97 Å². The number of aromatic nitrogens is 6. The molecule has 3 aliphatic rings. The molecular formula is C42H53N11O4. The van der Waals surface area contributed by atoms with Gasteiger partial charge in [0.05, 0.1) is 41.9 Å². The molecular weight excluding hydrogens is 723 g/mol. The highest BCUT2D eigenvalue weighted by Crippen LogP contribution is 2.35. The number of hydrogen-bond acceptors (Lipinski definition) is 10. The second-order valence-corrected chi connectivity index (χ2v) is 16.0. The molecule has 5 aromatic rings. The fraction of sp³-hybridized carbons (Fsp3) is 0.452. The highest BCUT2D eigenvalue weighted by Gasteiger charge is 2.39. The molecule has 300 valence electrons. The van der Waals surface area contributed by atoms with E-state index in [1.165, 1.54) is 0 Å². The van der Waals surface area contributed by atoms with Gasteiger partial charge in [-0.1, -0.05) is 76.2 Å². The van der Waals surface area contributed by atoms with Crippen molar-refractivity contribution in [1.29, 1.82) is 0 Å². The van der Waals surface area contributed by atoms with Crippen LogP contribution in [-0.4, -0.2) is 89.5 Å². The first-order valence-corrected chi connectivity index (χ1v) is 20.0. The van der Waals surface area contributed by atoms with E-state index in [9.17, 15) is 9.59 Å². The van der Waals surface area contributed by atoms with Crippen molar-refractivity contribution >= 4 is 23.6 Å². The third-order valence-electron chi connectivity index (χ3n) is 11.5. The molecule has 0 aliphatic carbocycles. The van der Waals surface area contributed by atoms with Crippen LogP contribution in [0.15, 0.2) is 67.1 Å². The Morgan fingerprint density at radius 3 is 1.65 bits per heavy atom. The third kappa shape index (κ3) is 7.91. The highest BCUT2D eigenvalue weighted by molar-refractivity contribution is 5.85. The topological polar surface area (TPSA) is 184 Å². The number of carbonyl (C=O) groups is 2. The molecule has 6 N–H and O–H groups in total. The fourth-order valence-electron chi connectivity index (χ4n) is 8.13. The zero-order valence-electron chi connectivity index (χ0n) is 33.2. The molecule has 0 bridgehead atoms. The maximum absolute atomic E-state index is 13.9. The molecule has 6 heterocycles. The largest absolute Gasteiger partial charge is 0.369 e. The lowest BCUT2D eigenvalue weighted by molar-refractivity contribution is -0.335. The number of benzene rings is 2. The van der Waals surface area contributed by atoms with Crippen LogP contribution in [0.3, 0.4) is 0 Å². The van der Waals surface area contributed by atoms with Crippen LogP contribution in [0.5, 0.6) is 0 Å². The quantitative estimate of drug-likeness (QED) is 0.0978. The monoisotopic (exact) mass is 775 g/mol. The van der Waals surface area contributed by atoms with E-state index < -0.39 is 18.5 Å². The lowest BCUT2D eigenvalue weighted by Crippen LogP contribution is -2.56. The molecule has 3 saturated heterocycles. The van der Waals surface area contributed by atoms with Gasteiger partial charge in [-0.2, -0.15) is 4.98 Å². The summed E-state index contributed by atoms with van der Waals surface area (Å²) >= 11 is 0. The van der Waals surface area contributed by atoms with Crippen LogP contribution in [0.25, 0.3) is 33.6 Å². The summed E-state index contributed by atoms with van der Waals surface area (Å²) in [5.41, 5.74) is 12.0. The third-order valence-corrected chi connectivity index (χ3v) is 11.5. The van der Waals surface area contributed by atoms with Crippen LogP contribution in [-0.2, 0) is 26.1 Å². The molecule has 3 aromatic heterocycles. The Bertz CT molecular complexity index is 2150. The van der Waals surface area contributed by atoms with E-state index in [-0.39, 0.29) is 42.5 Å². The number of imidazole rings is 3. The Morgan fingerprint density at radius 1 is 0.754 bits per heavy atom. The molecule has 15 heteroatoms. The number of amides is 2. The predicted molar refractivity (Wildman–Crippen MR) is 217 cm³/mol. The van der Waals surface area contributed by atoms with Gasteiger partial charge in [-0.15, -0.1) is 0 Å². The van der Waals surface area contributed by atoms with Gasteiger partial charge in [-0.3, -0.25) is 14.9 Å². The number of aryl methyl sites for hydroxylation is 1. The molecule has 2 aromatic carbocycles. The van der Waals surface area contributed by atoms with Crippen LogP contribution < -0.4 is 16.4 Å². The molecule has 15 nitrogen and oxygen atoms in total. The molecule has 4 atom stereocenters. The van der Waals surface area contributed by atoms with Crippen molar-refractivity contribution in [3.8, 4) is 33.6 Å². The number of aromatic amines is 2. The minimum Gasteiger partial charge on any atom is -0.369 e. The smallest absolute Gasteiger partial charge is 0.245 e. The Balaban J connectivity index is 0.908. The summed E-state index contributed by atoms with van der Waals surface area (Å²) in [7, 11) is 1.83. The van der Waals surface area contributed by atoms with Crippen molar-refractivity contribution in [3.63, 3.8) is 0 Å². The number of anilines is 2. The lowest BCUT2D eigenvalue weighted by Gasteiger charge is -2.35. The number of H-pyrrole nitrogens is 2. The molecule has 0 unspecified atom stereocenters. The van der Waals surface area contributed by atoms with Gasteiger partial charge < -0.3 is 44.9 Å². The summed E-state index contributed by atoms with van der Waals surface area (Å²) in [6, 6.07) is 15.7. The maximum Gasteiger partial charge on any atom is 0.245 e. The molecule has 0 radical (unpaired) electrons. The van der Waals surface area contributed by atoms with Crippen LogP contribution in [0.1, 0.15) is 77.1 Å². The van der Waals surface area contributed by atoms with E-state index in [4.69, 9.17) is 25.2 Å². The number of nitrogens with zero attached hydrogens (tertiary/aromatic N) is 6. The summed E-state index contributed by atoms with van der Waals surface area (Å²) in [6.07, 6.45) is 8.50. The van der Waals surface area contributed by atoms with Crippen molar-refractivity contribution in [2.24, 2.45) is 18.9 Å². The molecule has 8 rings (SSSR count). The normalized spacial score (nSPS) is 19.7. The number of hydrogen-bond donors (Lipinski definition) is 5. The van der Waals surface area contributed by atoms with E-state index >= 15 is 0 Å². The van der Waals surface area contributed by atoms with Crippen molar-refractivity contribution in [1.82, 2.24) is 44.6 Å². The van der Waals surface area contributed by atoms with Crippen molar-refractivity contribution in [3.05, 3.63) is 78.8 Å². The number of likely N-dealkylation sites (tertiary alicyclic amines) is 2. The van der Waals surface area contributed by atoms with Crippen LogP contribution in [0, 0.1) is 11.8 Å². The number of nitrogen functional groups attached to an aromatic ring is 1. The van der Waals surface area contributed by atoms with Gasteiger partial charge in [0.25, 0.3) is 0 Å². The van der Waals surface area contributed by atoms with Gasteiger partial charge >= 0.3 is 0 Å². The lowest BCUT2D eigenvalue weighted by atomic mass is 10.0. The predicted octanol–water partition coefficient (Wildman–Crippen LogP) is 5.82. The summed E-state index contributed by atoms with van der Waals surface area (Å²) in [4.78, 5) is 52.3. The summed E-state index contributed by atoms with van der Waals surface area (Å²) < 4.78 is 12.4. The number of nitrogens with two attached hydrogens (primary N) is 1. The average Bonchev–Trinajstić information content (AvgIpc) is 4.04. The van der Waals surface area contributed by atoms with Crippen molar-refractivity contribution in [2.45, 2.75) is 84.0 Å². The van der Waals surface area contributed by atoms with Crippen LogP contribution in [0.4, 0.5) is 11.8 Å². The van der Waals surface area contributed by atoms with E-state index in [0.717, 1.165) is 71.0 Å². The van der Waals surface area contributed by atoms with Crippen molar-refractivity contribution < 1.29 is 19.1 Å². The average molecular weight is 776 g/mol. The van der Waals surface area contributed by atoms with Crippen molar-refractivity contribution in [2.75, 3.05) is 30.9 Å². The zero-order valence-corrected chi connectivity index (χ0v) is 33.2. The first-order chi connectivity index (χ1) is 27.5. The Hall–Kier alpha value is -5.51. The summed E-state index contributed by atoms with van der Waals surface area (Å²) in [6.45, 7) is 9.72. The van der Waals surface area contributed by atoms with Crippen LogP contribution in [0.2, 0.25) is 0 Å². The number of rotatable bonds is 13. The number of nitrogens with one attached hydrogen (secondary N) is 4. The molecule has 3 fully saturated rings. The molecule has 2 amide bonds. The van der Waals surface area contributed by atoms with E-state index in [2.05, 4.69) is 74.1 Å². The second kappa shape index (κ2) is 16.2. The van der Waals surface area contributed by atoms with Gasteiger partial charge in [-0.05, 0) is 59.8 Å².